The van der Waals surface area contributed by atoms with Gasteiger partial charge in [-0.1, -0.05) is 6.08 Å². The molecule has 0 saturated carbocycles. The van der Waals surface area contributed by atoms with E-state index in [1.54, 1.807) is 0 Å². The van der Waals surface area contributed by atoms with Gasteiger partial charge in [0.1, 0.15) is 85.0 Å². The van der Waals surface area contributed by atoms with Gasteiger partial charge in [0.2, 0.25) is 6.29 Å². The van der Waals surface area contributed by atoms with E-state index < -0.39 is 142 Å². The van der Waals surface area contributed by atoms with E-state index in [4.69, 9.17) is 33.2 Å². The summed E-state index contributed by atoms with van der Waals surface area (Å²) in [5.41, 5.74) is -1.95. The molecule has 19 atom stereocenters. The molecule has 0 unspecified atom stereocenters. The summed E-state index contributed by atoms with van der Waals surface area (Å²) in [6, 6.07) is 0. The van der Waals surface area contributed by atoms with Crippen LogP contribution in [0.5, 0.6) is 0 Å². The second kappa shape index (κ2) is 14.8. The van der Waals surface area contributed by atoms with Crippen LogP contribution in [-0.2, 0) is 33.2 Å². The zero-order valence-electron chi connectivity index (χ0n) is 24.6. The van der Waals surface area contributed by atoms with E-state index in [0.717, 1.165) is 6.26 Å². The molecule has 4 aliphatic heterocycles. The van der Waals surface area contributed by atoms with Gasteiger partial charge >= 0.3 is 0 Å². The van der Waals surface area contributed by atoms with Crippen molar-refractivity contribution in [1.82, 2.24) is 0 Å². The lowest BCUT2D eigenvalue weighted by Crippen LogP contribution is -2.67. The molecule has 0 spiro atoms. The third-order valence-electron chi connectivity index (χ3n) is 9.12. The Morgan fingerprint density at radius 3 is 1.57 bits per heavy atom. The molecule has 0 radical (unpaired) electrons. The average molecular weight is 687 g/mol. The third kappa shape index (κ3) is 6.59. The summed E-state index contributed by atoms with van der Waals surface area (Å²) in [7, 11) is 0. The largest absolute Gasteiger partial charge is 0.472 e. The fourth-order valence-corrected chi connectivity index (χ4v) is 6.39. The van der Waals surface area contributed by atoms with Crippen LogP contribution < -0.4 is 0 Å². The molecule has 270 valence electrons. The Balaban J connectivity index is 1.44. The zero-order valence-corrected chi connectivity index (χ0v) is 24.6. The van der Waals surface area contributed by atoms with E-state index in [2.05, 4.69) is 0 Å². The molecule has 1 aliphatic carbocycles. The highest BCUT2D eigenvalue weighted by Gasteiger charge is 2.61. The van der Waals surface area contributed by atoms with Gasteiger partial charge in [-0.3, -0.25) is 0 Å². The molecule has 3 fully saturated rings. The van der Waals surface area contributed by atoms with Crippen molar-refractivity contribution in [2.45, 2.75) is 110 Å². The van der Waals surface area contributed by atoms with Crippen molar-refractivity contribution in [3.8, 4) is 0 Å². The summed E-state index contributed by atoms with van der Waals surface area (Å²) in [5, 5.41) is 134. The summed E-state index contributed by atoms with van der Waals surface area (Å²) in [4.78, 5) is 0. The summed E-state index contributed by atoms with van der Waals surface area (Å²) in [6.45, 7) is -3.11. The second-order valence-corrected chi connectivity index (χ2v) is 11.9. The van der Waals surface area contributed by atoms with Crippen molar-refractivity contribution < 1.29 is 99.5 Å². The molecule has 13 N–H and O–H groups in total. The highest BCUT2D eigenvalue weighted by molar-refractivity contribution is 5.34. The van der Waals surface area contributed by atoms with E-state index in [0.29, 0.717) is 0 Å². The van der Waals surface area contributed by atoms with Gasteiger partial charge in [0.05, 0.1) is 38.6 Å². The van der Waals surface area contributed by atoms with Gasteiger partial charge in [0.15, 0.2) is 18.9 Å². The monoisotopic (exact) mass is 686 g/mol. The van der Waals surface area contributed by atoms with Crippen LogP contribution in [0, 0.1) is 5.92 Å². The molecule has 0 aromatic carbocycles. The highest BCUT2D eigenvalue weighted by Crippen LogP contribution is 2.48. The quantitative estimate of drug-likeness (QED) is 0.0949. The normalized spacial score (nSPS) is 51.7. The third-order valence-corrected chi connectivity index (χ3v) is 9.12. The summed E-state index contributed by atoms with van der Waals surface area (Å²) >= 11 is 0. The van der Waals surface area contributed by atoms with Gasteiger partial charge in [-0.15, -0.1) is 0 Å². The lowest BCUT2D eigenvalue weighted by Gasteiger charge is -2.50. The minimum atomic E-state index is -2.02. The standard InChI is InChI=1S/C27H42O20/c28-4-8-3-12(32)27(1-2-41-23(13(8)27)46-25-21(40)18(37)15(34)10(6-30)43-25)47-26-22(19(38)16(35)11(7-31)44-26)45-24-20(39)17(36)14(33)9(5-29)42-24/h1-3,9-26,28-40H,4-7H2/t9-,10+,11+,12+,13-,14-,15-,16+,17+,18+,19-,20-,21-,22+,23-,24-,25-,26+,27-/m0/s1. The molecule has 3 saturated heterocycles. The Hall–Kier alpha value is -1.48. The van der Waals surface area contributed by atoms with Gasteiger partial charge in [-0.25, -0.2) is 0 Å². The molecule has 0 aromatic heterocycles. The number of aliphatic hydroxyl groups is 13. The van der Waals surface area contributed by atoms with E-state index in [9.17, 15) is 66.4 Å². The molecule has 5 aliphatic rings. The molecule has 47 heavy (non-hydrogen) atoms. The highest BCUT2D eigenvalue weighted by atomic mass is 16.8. The van der Waals surface area contributed by atoms with E-state index >= 15 is 0 Å². The van der Waals surface area contributed by atoms with Crippen molar-refractivity contribution in [1.29, 1.82) is 0 Å². The van der Waals surface area contributed by atoms with Crippen molar-refractivity contribution in [3.05, 3.63) is 24.0 Å². The van der Waals surface area contributed by atoms with Crippen LogP contribution in [0.4, 0.5) is 0 Å². The van der Waals surface area contributed by atoms with Crippen LogP contribution in [0.3, 0.4) is 0 Å². The molecule has 5 rings (SSSR count). The number of ether oxygens (including phenoxy) is 7. The Morgan fingerprint density at radius 2 is 1.06 bits per heavy atom. The average Bonchev–Trinajstić information content (AvgIpc) is 3.35. The zero-order chi connectivity index (χ0) is 34.4. The summed E-state index contributed by atoms with van der Waals surface area (Å²) in [5.74, 6) is -1.31. The van der Waals surface area contributed by atoms with E-state index in [-0.39, 0.29) is 5.57 Å². The molecule has 0 amide bonds. The van der Waals surface area contributed by atoms with Crippen LogP contribution >= 0.6 is 0 Å². The van der Waals surface area contributed by atoms with Crippen molar-refractivity contribution in [2.75, 3.05) is 26.4 Å². The van der Waals surface area contributed by atoms with Crippen LogP contribution in [0.15, 0.2) is 24.0 Å². The summed E-state index contributed by atoms with van der Waals surface area (Å²) in [6.07, 6.45) is -26.0. The topological polar surface area (TPSA) is 328 Å². The first-order valence-electron chi connectivity index (χ1n) is 14.9. The van der Waals surface area contributed by atoms with Gasteiger partial charge < -0.3 is 99.5 Å². The minimum absolute atomic E-state index is 0.0675. The van der Waals surface area contributed by atoms with Crippen LogP contribution in [-0.4, -0.2) is 203 Å². The first-order chi connectivity index (χ1) is 22.3. The maximum absolute atomic E-state index is 11.3. The Labute approximate surface area is 266 Å². The van der Waals surface area contributed by atoms with E-state index in [1.165, 1.54) is 12.2 Å². The molecule has 20 nitrogen and oxygen atoms in total. The van der Waals surface area contributed by atoms with Gasteiger partial charge in [-0.05, 0) is 11.6 Å². The van der Waals surface area contributed by atoms with Crippen LogP contribution in [0.25, 0.3) is 0 Å². The maximum atomic E-state index is 11.3. The first-order valence-corrected chi connectivity index (χ1v) is 14.9. The SMILES string of the molecule is OCC1=C[C@@H](O)[C@@]2(O[C@H]3O[C@H](CO)[C@@H](O)[C@H](O)[C@H]3O[C@@H]3O[C@@H](CO)[C@H](O)[C@@H](O)[C@@H]3O)C=CO[C@@H](O[C@@H]3O[C@H](CO)[C@H](O)[C@@H](O)[C@@H]3O)[C@H]12. The number of fused-ring (bicyclic) bond motifs is 1. The maximum Gasteiger partial charge on any atom is 0.211 e. The van der Waals surface area contributed by atoms with Crippen molar-refractivity contribution in [2.24, 2.45) is 5.92 Å². The Morgan fingerprint density at radius 1 is 0.574 bits per heavy atom. The van der Waals surface area contributed by atoms with Crippen molar-refractivity contribution >= 4 is 0 Å². The molecular weight excluding hydrogens is 644 g/mol. The first kappa shape index (κ1) is 36.8. The van der Waals surface area contributed by atoms with Gasteiger partial charge in [0, 0.05) is 0 Å². The van der Waals surface area contributed by atoms with Crippen LogP contribution in [0.1, 0.15) is 0 Å². The fourth-order valence-electron chi connectivity index (χ4n) is 6.39. The minimum Gasteiger partial charge on any atom is -0.472 e. The van der Waals surface area contributed by atoms with Gasteiger partial charge in [-0.2, -0.15) is 0 Å². The number of hydrogen-bond acceptors (Lipinski definition) is 20. The van der Waals surface area contributed by atoms with Crippen LogP contribution in [0.2, 0.25) is 0 Å². The predicted molar refractivity (Wildman–Crippen MR) is 144 cm³/mol. The second-order valence-electron chi connectivity index (χ2n) is 11.9. The Kier molecular flexibility index (Phi) is 11.6. The van der Waals surface area contributed by atoms with E-state index in [1.807, 2.05) is 0 Å². The lowest BCUT2D eigenvalue weighted by molar-refractivity contribution is -0.388. The summed E-state index contributed by atoms with van der Waals surface area (Å²) < 4.78 is 39.8. The number of aliphatic hydroxyl groups excluding tert-OH is 13. The number of rotatable bonds is 10. The van der Waals surface area contributed by atoms with Gasteiger partial charge in [0.25, 0.3) is 0 Å². The Bertz CT molecular complexity index is 1110. The molecular formula is C27H42O20. The fraction of sp³-hybridized carbons (Fsp3) is 0.852. The molecule has 0 aromatic rings. The molecule has 20 heteroatoms. The smallest absolute Gasteiger partial charge is 0.211 e. The molecule has 4 heterocycles. The number of hydrogen-bond donors (Lipinski definition) is 13. The predicted octanol–water partition coefficient (Wildman–Crippen LogP) is -8.04. The molecule has 0 bridgehead atoms. The lowest BCUT2D eigenvalue weighted by atomic mass is 9.82. The van der Waals surface area contributed by atoms with Crippen molar-refractivity contribution in [3.63, 3.8) is 0 Å².